The lowest BCUT2D eigenvalue weighted by molar-refractivity contribution is 0.0968. The Morgan fingerprint density at radius 1 is 1.33 bits per heavy atom. The molecule has 1 aromatic heterocycles. The van der Waals surface area contributed by atoms with Gasteiger partial charge in [0.05, 0.1) is 0 Å². The van der Waals surface area contributed by atoms with Gasteiger partial charge in [-0.2, -0.15) is 5.10 Å². The molecule has 0 aromatic carbocycles. The Hall–Kier alpha value is -1.12. The van der Waals surface area contributed by atoms with Crippen molar-refractivity contribution in [2.24, 2.45) is 0 Å². The fourth-order valence-corrected chi connectivity index (χ4v) is 1.62. The van der Waals surface area contributed by atoms with Crippen molar-refractivity contribution >= 4 is 5.78 Å². The molecule has 0 unspecified atom stereocenters. The molecule has 0 aliphatic heterocycles. The second kappa shape index (κ2) is 6.38. The summed E-state index contributed by atoms with van der Waals surface area (Å²) >= 11 is 0. The van der Waals surface area contributed by atoms with Crippen LogP contribution in [0.25, 0.3) is 0 Å². The maximum absolute atomic E-state index is 11.8. The van der Waals surface area contributed by atoms with Gasteiger partial charge < -0.3 is 0 Å². The van der Waals surface area contributed by atoms with E-state index in [2.05, 4.69) is 18.9 Å². The van der Waals surface area contributed by atoms with E-state index in [4.69, 9.17) is 0 Å². The van der Waals surface area contributed by atoms with Crippen LogP contribution < -0.4 is 0 Å². The molecule has 3 heteroatoms. The van der Waals surface area contributed by atoms with E-state index in [0.717, 1.165) is 37.9 Å². The number of Topliss-reactive ketones (excluding diaryl/α,β-unsaturated/α-hetero) is 1. The molecule has 15 heavy (non-hydrogen) atoms. The third kappa shape index (κ3) is 3.50. The number of carbonyl (C=O) groups is 1. The number of unbranched alkanes of at least 4 members (excludes halogenated alkanes) is 2. The summed E-state index contributed by atoms with van der Waals surface area (Å²) in [5.74, 6) is 0.231. The maximum atomic E-state index is 11.8. The monoisotopic (exact) mass is 208 g/mol. The Labute approximate surface area is 91.5 Å². The normalized spacial score (nSPS) is 10.5. The van der Waals surface area contributed by atoms with Crippen LogP contribution in [0, 0.1) is 0 Å². The molecule has 3 nitrogen and oxygen atoms in total. The number of rotatable bonds is 7. The van der Waals surface area contributed by atoms with Gasteiger partial charge in [0.1, 0.15) is 5.69 Å². The lowest BCUT2D eigenvalue weighted by Gasteiger charge is -2.04. The summed E-state index contributed by atoms with van der Waals surface area (Å²) in [7, 11) is 0. The molecule has 0 amide bonds. The molecule has 1 aromatic rings. The number of carbonyl (C=O) groups excluding carboxylic acids is 1. The van der Waals surface area contributed by atoms with Crippen LogP contribution in [-0.2, 0) is 6.54 Å². The van der Waals surface area contributed by atoms with E-state index < -0.39 is 0 Å². The first kappa shape index (κ1) is 12.0. The van der Waals surface area contributed by atoms with E-state index in [0.29, 0.717) is 6.42 Å². The molecule has 1 rings (SSSR count). The summed E-state index contributed by atoms with van der Waals surface area (Å²) < 4.78 is 1.81. The maximum Gasteiger partial charge on any atom is 0.180 e. The predicted octanol–water partition coefficient (Wildman–Crippen LogP) is 3.06. The number of aromatic nitrogens is 2. The average molecular weight is 208 g/mol. The standard InChI is InChI=1S/C12H20N2O/c1-3-5-6-7-12(15)11-8-9-13-14(11)10-4-2/h8-9H,3-7,10H2,1-2H3. The molecule has 0 atom stereocenters. The van der Waals surface area contributed by atoms with Gasteiger partial charge in [-0.3, -0.25) is 9.48 Å². The molecular weight excluding hydrogens is 188 g/mol. The second-order valence-electron chi connectivity index (χ2n) is 3.82. The lowest BCUT2D eigenvalue weighted by Crippen LogP contribution is -2.10. The van der Waals surface area contributed by atoms with Crippen molar-refractivity contribution in [3.63, 3.8) is 0 Å². The van der Waals surface area contributed by atoms with Gasteiger partial charge in [0.2, 0.25) is 0 Å². The van der Waals surface area contributed by atoms with Crippen molar-refractivity contribution < 1.29 is 4.79 Å². The molecule has 0 N–H and O–H groups in total. The number of ketones is 1. The Balaban J connectivity index is 2.53. The Morgan fingerprint density at radius 3 is 2.80 bits per heavy atom. The highest BCUT2D eigenvalue weighted by Gasteiger charge is 2.10. The van der Waals surface area contributed by atoms with E-state index in [9.17, 15) is 4.79 Å². The van der Waals surface area contributed by atoms with Crippen LogP contribution in [-0.4, -0.2) is 15.6 Å². The minimum absolute atomic E-state index is 0.231. The fraction of sp³-hybridized carbons (Fsp3) is 0.667. The Bertz CT molecular complexity index is 304. The van der Waals surface area contributed by atoms with E-state index in [1.54, 1.807) is 6.20 Å². The van der Waals surface area contributed by atoms with Crippen LogP contribution in [0.4, 0.5) is 0 Å². The summed E-state index contributed by atoms with van der Waals surface area (Å²) in [6.45, 7) is 5.07. The molecule has 0 saturated heterocycles. The topological polar surface area (TPSA) is 34.9 Å². The second-order valence-corrected chi connectivity index (χ2v) is 3.82. The molecule has 0 saturated carbocycles. The van der Waals surface area contributed by atoms with Crippen LogP contribution in [0.2, 0.25) is 0 Å². The summed E-state index contributed by atoms with van der Waals surface area (Å²) in [6.07, 6.45) is 6.66. The molecular formula is C12H20N2O. The number of hydrogen-bond acceptors (Lipinski definition) is 2. The van der Waals surface area contributed by atoms with Gasteiger partial charge >= 0.3 is 0 Å². The number of hydrogen-bond donors (Lipinski definition) is 0. The van der Waals surface area contributed by atoms with Gasteiger partial charge in [0.25, 0.3) is 0 Å². The van der Waals surface area contributed by atoms with E-state index >= 15 is 0 Å². The zero-order chi connectivity index (χ0) is 11.1. The van der Waals surface area contributed by atoms with Crippen molar-refractivity contribution in [1.29, 1.82) is 0 Å². The first-order valence-corrected chi connectivity index (χ1v) is 5.84. The highest BCUT2D eigenvalue weighted by molar-refractivity contribution is 5.94. The molecule has 84 valence electrons. The third-order valence-corrected chi connectivity index (χ3v) is 2.45. The van der Waals surface area contributed by atoms with Crippen LogP contribution in [0.1, 0.15) is 56.4 Å². The quantitative estimate of drug-likeness (QED) is 0.510. The predicted molar refractivity (Wildman–Crippen MR) is 61.0 cm³/mol. The number of nitrogens with zero attached hydrogens (tertiary/aromatic N) is 2. The number of aryl methyl sites for hydroxylation is 1. The molecule has 0 bridgehead atoms. The van der Waals surface area contributed by atoms with Crippen LogP contribution in [0.15, 0.2) is 12.3 Å². The van der Waals surface area contributed by atoms with Gasteiger partial charge in [-0.25, -0.2) is 0 Å². The minimum atomic E-state index is 0.231. The lowest BCUT2D eigenvalue weighted by atomic mass is 10.1. The first-order chi connectivity index (χ1) is 7.29. The van der Waals surface area contributed by atoms with Crippen LogP contribution >= 0.6 is 0 Å². The van der Waals surface area contributed by atoms with Crippen molar-refractivity contribution in [3.8, 4) is 0 Å². The van der Waals surface area contributed by atoms with Crippen molar-refractivity contribution in [1.82, 2.24) is 9.78 Å². The minimum Gasteiger partial charge on any atom is -0.292 e. The van der Waals surface area contributed by atoms with E-state index in [1.165, 1.54) is 0 Å². The zero-order valence-electron chi connectivity index (χ0n) is 9.70. The fourth-order valence-electron chi connectivity index (χ4n) is 1.62. The third-order valence-electron chi connectivity index (χ3n) is 2.45. The van der Waals surface area contributed by atoms with Crippen molar-refractivity contribution in [2.45, 2.75) is 52.5 Å². The molecule has 0 spiro atoms. The summed E-state index contributed by atoms with van der Waals surface area (Å²) in [4.78, 5) is 11.8. The van der Waals surface area contributed by atoms with Gasteiger partial charge in [-0.05, 0) is 18.9 Å². The zero-order valence-corrected chi connectivity index (χ0v) is 9.70. The highest BCUT2D eigenvalue weighted by Crippen LogP contribution is 2.08. The SMILES string of the molecule is CCCCCC(=O)c1ccnn1CCC. The van der Waals surface area contributed by atoms with Crippen molar-refractivity contribution in [2.75, 3.05) is 0 Å². The Morgan fingerprint density at radius 2 is 2.13 bits per heavy atom. The molecule has 0 aliphatic carbocycles. The van der Waals surface area contributed by atoms with Gasteiger partial charge in [0.15, 0.2) is 5.78 Å². The average Bonchev–Trinajstić information content (AvgIpc) is 2.67. The van der Waals surface area contributed by atoms with Crippen molar-refractivity contribution in [3.05, 3.63) is 18.0 Å². The summed E-state index contributed by atoms with van der Waals surface area (Å²) in [6, 6.07) is 1.82. The summed E-state index contributed by atoms with van der Waals surface area (Å²) in [5.41, 5.74) is 0.771. The van der Waals surface area contributed by atoms with Gasteiger partial charge in [-0.1, -0.05) is 26.7 Å². The molecule has 0 fully saturated rings. The van der Waals surface area contributed by atoms with E-state index in [-0.39, 0.29) is 5.78 Å². The smallest absolute Gasteiger partial charge is 0.180 e. The van der Waals surface area contributed by atoms with Gasteiger partial charge in [0, 0.05) is 19.2 Å². The summed E-state index contributed by atoms with van der Waals surface area (Å²) in [5, 5.41) is 4.15. The largest absolute Gasteiger partial charge is 0.292 e. The highest BCUT2D eigenvalue weighted by atomic mass is 16.1. The first-order valence-electron chi connectivity index (χ1n) is 5.84. The van der Waals surface area contributed by atoms with Crippen LogP contribution in [0.5, 0.6) is 0 Å². The molecule has 0 aliphatic rings. The molecule has 0 radical (unpaired) electrons. The Kier molecular flexibility index (Phi) is 5.08. The van der Waals surface area contributed by atoms with E-state index in [1.807, 2.05) is 10.7 Å². The van der Waals surface area contributed by atoms with Gasteiger partial charge in [-0.15, -0.1) is 0 Å². The van der Waals surface area contributed by atoms with Crippen LogP contribution in [0.3, 0.4) is 0 Å². The molecule has 1 heterocycles.